The molecule has 0 saturated carbocycles. The number of likely N-dealkylation sites (N-methyl/N-ethyl adjacent to an activating group) is 1. The quantitative estimate of drug-likeness (QED) is 0.232. The van der Waals surface area contributed by atoms with Gasteiger partial charge in [0.25, 0.3) is 11.8 Å². The van der Waals surface area contributed by atoms with Crippen LogP contribution in [0, 0.1) is 0 Å². The highest BCUT2D eigenvalue weighted by atomic mass is 16.5. The van der Waals surface area contributed by atoms with Gasteiger partial charge in [0.2, 0.25) is 11.8 Å². The molecule has 0 fully saturated rings. The van der Waals surface area contributed by atoms with Crippen LogP contribution in [0.25, 0.3) is 0 Å². The van der Waals surface area contributed by atoms with Crippen molar-refractivity contribution >= 4 is 35.6 Å². The van der Waals surface area contributed by atoms with E-state index in [1.807, 2.05) is 6.92 Å². The molecule has 10 nitrogen and oxygen atoms in total. The molecule has 2 rings (SSSR count). The van der Waals surface area contributed by atoms with E-state index < -0.39 is 23.8 Å². The van der Waals surface area contributed by atoms with Gasteiger partial charge in [-0.25, -0.2) is 0 Å². The van der Waals surface area contributed by atoms with E-state index in [0.29, 0.717) is 31.7 Å². The van der Waals surface area contributed by atoms with Crippen molar-refractivity contribution in [2.75, 3.05) is 38.7 Å². The summed E-state index contributed by atoms with van der Waals surface area (Å²) < 4.78 is 5.42. The highest BCUT2D eigenvalue weighted by Crippen LogP contribution is 2.31. The van der Waals surface area contributed by atoms with Gasteiger partial charge in [-0.3, -0.25) is 24.1 Å². The van der Waals surface area contributed by atoms with E-state index in [-0.39, 0.29) is 42.9 Å². The normalized spacial score (nSPS) is 13.5. The van der Waals surface area contributed by atoms with Gasteiger partial charge in [-0.15, -0.1) is 0 Å². The Hall–Kier alpha value is -3.27. The molecule has 168 valence electrons. The van der Waals surface area contributed by atoms with Crippen LogP contribution in [0.4, 0.5) is 5.69 Å². The molecule has 0 bridgehead atoms. The summed E-state index contributed by atoms with van der Waals surface area (Å²) in [6, 6.07) is 3.78. The van der Waals surface area contributed by atoms with E-state index in [0.717, 1.165) is 4.90 Å². The third kappa shape index (κ3) is 5.88. The molecule has 1 atom stereocenters. The molecule has 0 saturated heterocycles. The Morgan fingerprint density at radius 1 is 1.19 bits per heavy atom. The van der Waals surface area contributed by atoms with Gasteiger partial charge >= 0.3 is 0 Å². The van der Waals surface area contributed by atoms with Crippen LogP contribution in [0.1, 0.15) is 46.9 Å². The van der Waals surface area contributed by atoms with E-state index in [1.165, 1.54) is 13.1 Å². The maximum absolute atomic E-state index is 13.0. The molecular formula is C21H28N4O6. The van der Waals surface area contributed by atoms with Crippen molar-refractivity contribution in [3.05, 3.63) is 29.3 Å². The van der Waals surface area contributed by atoms with E-state index in [4.69, 9.17) is 4.74 Å². The summed E-state index contributed by atoms with van der Waals surface area (Å²) in [5.41, 5.74) is 0.846. The molecule has 0 radical (unpaired) electrons. The second-order valence-corrected chi connectivity index (χ2v) is 6.83. The van der Waals surface area contributed by atoms with Crippen molar-refractivity contribution in [3.8, 4) is 0 Å². The van der Waals surface area contributed by atoms with Gasteiger partial charge < -0.3 is 25.5 Å². The van der Waals surface area contributed by atoms with Crippen LogP contribution < -0.4 is 16.0 Å². The van der Waals surface area contributed by atoms with Crippen molar-refractivity contribution in [1.82, 2.24) is 15.5 Å². The number of ether oxygens (including phenoxy) is 1. The number of imide groups is 1. The number of rotatable bonds is 13. The molecule has 1 heterocycles. The predicted octanol–water partition coefficient (Wildman–Crippen LogP) is 0.331. The zero-order valence-corrected chi connectivity index (χ0v) is 17.7. The molecule has 10 heteroatoms. The van der Waals surface area contributed by atoms with Crippen LogP contribution in [0.5, 0.6) is 0 Å². The Kier molecular flexibility index (Phi) is 9.13. The number of amides is 4. The topological polar surface area (TPSA) is 134 Å². The standard InChI is InChI=1S/C21H28N4O6/c1-3-23-17(27)9-12-31-13-10-24-15-7-4-6-14-18(15)21(30)25(20(14)29)16(8-5-11-26)19(28)22-2/h4,6-7,11,16,24H,3,5,8-10,12-13H2,1-2H3,(H,22,28)(H,23,27). The number of carbonyl (C=O) groups is 5. The SMILES string of the molecule is CCNC(=O)CCOCCNc1cccc2c1C(=O)N(C(CCC=O)C(=O)NC)C2=O. The smallest absolute Gasteiger partial charge is 0.264 e. The van der Waals surface area contributed by atoms with Gasteiger partial charge in [-0.1, -0.05) is 6.07 Å². The number of fused-ring (bicyclic) bond motifs is 1. The number of carbonyl (C=O) groups excluding carboxylic acids is 5. The summed E-state index contributed by atoms with van der Waals surface area (Å²) in [5.74, 6) is -1.74. The van der Waals surface area contributed by atoms with Crippen LogP contribution >= 0.6 is 0 Å². The minimum Gasteiger partial charge on any atom is -0.382 e. The maximum atomic E-state index is 13.0. The lowest BCUT2D eigenvalue weighted by Gasteiger charge is -2.24. The molecule has 3 N–H and O–H groups in total. The number of benzene rings is 1. The fourth-order valence-corrected chi connectivity index (χ4v) is 3.31. The van der Waals surface area contributed by atoms with Gasteiger partial charge in [-0.2, -0.15) is 0 Å². The first-order valence-electron chi connectivity index (χ1n) is 10.2. The fourth-order valence-electron chi connectivity index (χ4n) is 3.31. The van der Waals surface area contributed by atoms with Gasteiger partial charge in [0.05, 0.1) is 24.3 Å². The monoisotopic (exact) mass is 432 g/mol. The van der Waals surface area contributed by atoms with Gasteiger partial charge in [0.15, 0.2) is 0 Å². The Morgan fingerprint density at radius 2 is 1.97 bits per heavy atom. The predicted molar refractivity (Wildman–Crippen MR) is 113 cm³/mol. The Labute approximate surface area is 180 Å². The number of hydrogen-bond donors (Lipinski definition) is 3. The molecule has 0 aliphatic carbocycles. The summed E-state index contributed by atoms with van der Waals surface area (Å²) in [4.78, 5) is 61.2. The van der Waals surface area contributed by atoms with E-state index in [1.54, 1.807) is 12.1 Å². The number of anilines is 1. The molecule has 0 aromatic heterocycles. The van der Waals surface area contributed by atoms with E-state index in [9.17, 15) is 24.0 Å². The van der Waals surface area contributed by atoms with Crippen LogP contribution in [0.3, 0.4) is 0 Å². The average molecular weight is 432 g/mol. The maximum Gasteiger partial charge on any atom is 0.264 e. The third-order valence-electron chi connectivity index (χ3n) is 4.77. The number of nitrogens with zero attached hydrogens (tertiary/aromatic N) is 1. The second-order valence-electron chi connectivity index (χ2n) is 6.83. The lowest BCUT2D eigenvalue weighted by atomic mass is 10.1. The first-order valence-corrected chi connectivity index (χ1v) is 10.2. The average Bonchev–Trinajstić information content (AvgIpc) is 3.02. The van der Waals surface area contributed by atoms with Crippen molar-refractivity contribution in [2.24, 2.45) is 0 Å². The van der Waals surface area contributed by atoms with E-state index >= 15 is 0 Å². The van der Waals surface area contributed by atoms with Crippen LogP contribution in [0.15, 0.2) is 18.2 Å². The van der Waals surface area contributed by atoms with Crippen LogP contribution in [-0.4, -0.2) is 74.2 Å². The molecule has 31 heavy (non-hydrogen) atoms. The fraction of sp³-hybridized carbons (Fsp3) is 0.476. The molecule has 1 aliphatic rings. The largest absolute Gasteiger partial charge is 0.382 e. The highest BCUT2D eigenvalue weighted by Gasteiger charge is 2.43. The number of nitrogens with one attached hydrogen (secondary N) is 3. The molecule has 1 aromatic rings. The summed E-state index contributed by atoms with van der Waals surface area (Å²) >= 11 is 0. The lowest BCUT2D eigenvalue weighted by Crippen LogP contribution is -2.48. The van der Waals surface area contributed by atoms with Gasteiger partial charge in [-0.05, 0) is 25.5 Å². The summed E-state index contributed by atoms with van der Waals surface area (Å²) in [6.45, 7) is 3.34. The van der Waals surface area contributed by atoms with Crippen molar-refractivity contribution in [3.63, 3.8) is 0 Å². The molecule has 1 aliphatic heterocycles. The molecule has 0 spiro atoms. The first-order chi connectivity index (χ1) is 15.0. The lowest BCUT2D eigenvalue weighted by molar-refractivity contribution is -0.125. The zero-order valence-electron chi connectivity index (χ0n) is 17.7. The minimum absolute atomic E-state index is 0.0459. The van der Waals surface area contributed by atoms with Crippen LogP contribution in [0.2, 0.25) is 0 Å². The van der Waals surface area contributed by atoms with Gasteiger partial charge in [0.1, 0.15) is 12.3 Å². The molecule has 4 amide bonds. The second kappa shape index (κ2) is 11.8. The molecule has 1 aromatic carbocycles. The van der Waals surface area contributed by atoms with Crippen molar-refractivity contribution in [1.29, 1.82) is 0 Å². The minimum atomic E-state index is -1.06. The highest BCUT2D eigenvalue weighted by molar-refractivity contribution is 6.25. The van der Waals surface area contributed by atoms with Crippen molar-refractivity contribution < 1.29 is 28.7 Å². The summed E-state index contributed by atoms with van der Waals surface area (Å²) in [7, 11) is 1.41. The zero-order chi connectivity index (χ0) is 22.8. The Bertz CT molecular complexity index is 841. The molecular weight excluding hydrogens is 404 g/mol. The summed E-state index contributed by atoms with van der Waals surface area (Å²) in [5, 5.41) is 8.20. The van der Waals surface area contributed by atoms with Crippen molar-refractivity contribution in [2.45, 2.75) is 32.2 Å². The van der Waals surface area contributed by atoms with Gasteiger partial charge in [0, 0.05) is 38.7 Å². The number of hydrogen-bond acceptors (Lipinski definition) is 7. The van der Waals surface area contributed by atoms with Crippen LogP contribution in [-0.2, 0) is 19.1 Å². The third-order valence-corrected chi connectivity index (χ3v) is 4.77. The molecule has 1 unspecified atom stereocenters. The number of aldehydes is 1. The summed E-state index contributed by atoms with van der Waals surface area (Å²) in [6.07, 6.45) is 1.01. The Morgan fingerprint density at radius 3 is 2.65 bits per heavy atom. The van der Waals surface area contributed by atoms with E-state index in [2.05, 4.69) is 16.0 Å². The first kappa shape index (κ1) is 24.0. The Balaban J connectivity index is 2.04.